The first-order valence-electron chi connectivity index (χ1n) is 13.8. The van der Waals surface area contributed by atoms with Gasteiger partial charge in [-0.25, -0.2) is 0 Å². The topological polar surface area (TPSA) is 77.3 Å². The van der Waals surface area contributed by atoms with Crippen LogP contribution in [-0.2, 0) is 19.5 Å². The summed E-state index contributed by atoms with van der Waals surface area (Å²) < 4.78 is 0. The molecule has 0 saturated heterocycles. The van der Waals surface area contributed by atoms with Crippen LogP contribution in [0.4, 0.5) is 0 Å². The zero-order valence-electron chi connectivity index (χ0n) is 25.4. The fourth-order valence-corrected chi connectivity index (χ4v) is 4.06. The van der Waals surface area contributed by atoms with E-state index in [1.165, 1.54) is 33.4 Å². The zero-order valence-corrected chi connectivity index (χ0v) is 27.2. The Kier molecular flexibility index (Phi) is 12.5. The first kappa shape index (κ1) is 33.0. The van der Waals surface area contributed by atoms with Crippen molar-refractivity contribution in [3.8, 4) is 34.2 Å². The van der Waals surface area contributed by atoms with Crippen LogP contribution in [0.15, 0.2) is 110 Å². The van der Waals surface area contributed by atoms with Gasteiger partial charge in [-0.15, -0.1) is 0 Å². The van der Waals surface area contributed by atoms with E-state index in [1.807, 2.05) is 110 Å². The molecule has 0 saturated carbocycles. The quantitative estimate of drug-likeness (QED) is 0.179. The molecule has 218 valence electrons. The Hall–Kier alpha value is -4.48. The molecule has 0 aliphatic rings. The number of aromatic nitrogens is 6. The van der Waals surface area contributed by atoms with Crippen molar-refractivity contribution < 1.29 is 19.5 Å². The van der Waals surface area contributed by atoms with Gasteiger partial charge in [0.05, 0.1) is 34.2 Å². The summed E-state index contributed by atoms with van der Waals surface area (Å²) in [6.45, 7) is 12.3. The van der Waals surface area contributed by atoms with Gasteiger partial charge < -0.3 is 0 Å². The third kappa shape index (κ3) is 10.4. The molecule has 0 aliphatic heterocycles. The number of nitrogens with zero attached hydrogens (tertiary/aromatic N) is 6. The second-order valence-corrected chi connectivity index (χ2v) is 10.3. The maximum Gasteiger partial charge on any atom is 0.0888 e. The van der Waals surface area contributed by atoms with E-state index in [4.69, 9.17) is 0 Å². The molecule has 0 aromatic carbocycles. The molecule has 0 spiro atoms. The van der Waals surface area contributed by atoms with Gasteiger partial charge in [0, 0.05) is 56.7 Å². The number of pyridine rings is 6. The molecular weight excluding hydrogens is 618 g/mol. The van der Waals surface area contributed by atoms with Gasteiger partial charge in [-0.2, -0.15) is 0 Å². The summed E-state index contributed by atoms with van der Waals surface area (Å²) in [5.41, 5.74) is 12.9. The SMILES string of the molecule is Cc1ccnc(-c2cc(C)ccn2)c1.Cc1ccnc(-c2cc(C)ccn2)c1.Cc1ccnc(-c2cc(C)ccn2)c1.[Ru]. The molecule has 6 aromatic heterocycles. The first-order chi connectivity index (χ1) is 20.3. The second-order valence-electron chi connectivity index (χ2n) is 10.3. The minimum atomic E-state index is 0. The molecule has 6 rings (SSSR count). The van der Waals surface area contributed by atoms with Crippen molar-refractivity contribution in [1.29, 1.82) is 0 Å². The first-order valence-corrected chi connectivity index (χ1v) is 13.8. The molecule has 0 amide bonds. The monoisotopic (exact) mass is 654 g/mol. The normalized spacial score (nSPS) is 9.91. The van der Waals surface area contributed by atoms with Crippen LogP contribution in [-0.4, -0.2) is 29.9 Å². The average Bonchev–Trinajstić information content (AvgIpc) is 2.98. The zero-order chi connectivity index (χ0) is 29.9. The van der Waals surface area contributed by atoms with Gasteiger partial charge in [-0.1, -0.05) is 0 Å². The van der Waals surface area contributed by atoms with E-state index in [0.29, 0.717) is 0 Å². The summed E-state index contributed by atoms with van der Waals surface area (Å²) in [6, 6.07) is 24.2. The predicted octanol–water partition coefficient (Wildman–Crippen LogP) is 8.28. The van der Waals surface area contributed by atoms with Crippen molar-refractivity contribution in [2.75, 3.05) is 0 Å². The van der Waals surface area contributed by atoms with Gasteiger partial charge in [0.25, 0.3) is 0 Å². The van der Waals surface area contributed by atoms with Gasteiger partial charge in [0.2, 0.25) is 0 Å². The fourth-order valence-electron chi connectivity index (χ4n) is 4.06. The smallest absolute Gasteiger partial charge is 0.0888 e. The molecule has 43 heavy (non-hydrogen) atoms. The fraction of sp³-hybridized carbons (Fsp3) is 0.167. The molecule has 6 aromatic rings. The Bertz CT molecular complexity index is 1430. The molecule has 0 aliphatic carbocycles. The van der Waals surface area contributed by atoms with Crippen LogP contribution in [0.5, 0.6) is 0 Å². The van der Waals surface area contributed by atoms with Crippen molar-refractivity contribution >= 4 is 0 Å². The van der Waals surface area contributed by atoms with E-state index >= 15 is 0 Å². The Balaban J connectivity index is 0.000000175. The molecule has 0 radical (unpaired) electrons. The van der Waals surface area contributed by atoms with Crippen LogP contribution in [0.2, 0.25) is 0 Å². The van der Waals surface area contributed by atoms with E-state index in [2.05, 4.69) is 71.4 Å². The van der Waals surface area contributed by atoms with E-state index < -0.39 is 0 Å². The summed E-state index contributed by atoms with van der Waals surface area (Å²) in [5, 5.41) is 0. The largest absolute Gasteiger partial charge is 0.255 e. The Morgan fingerprint density at radius 2 is 0.419 bits per heavy atom. The third-order valence-corrected chi connectivity index (χ3v) is 6.28. The number of hydrogen-bond donors (Lipinski definition) is 0. The summed E-state index contributed by atoms with van der Waals surface area (Å²) in [7, 11) is 0. The Morgan fingerprint density at radius 1 is 0.279 bits per heavy atom. The molecule has 0 atom stereocenters. The predicted molar refractivity (Wildman–Crippen MR) is 171 cm³/mol. The molecule has 6 heterocycles. The molecule has 7 heteroatoms. The Labute approximate surface area is 267 Å². The second kappa shape index (κ2) is 16.2. The van der Waals surface area contributed by atoms with Crippen LogP contribution in [0.1, 0.15) is 33.4 Å². The summed E-state index contributed by atoms with van der Waals surface area (Å²) in [4.78, 5) is 25.7. The van der Waals surface area contributed by atoms with Gasteiger partial charge in [0.15, 0.2) is 0 Å². The molecule has 6 nitrogen and oxygen atoms in total. The van der Waals surface area contributed by atoms with Crippen molar-refractivity contribution in [3.63, 3.8) is 0 Å². The summed E-state index contributed by atoms with van der Waals surface area (Å²) in [5.74, 6) is 0. The van der Waals surface area contributed by atoms with Crippen molar-refractivity contribution in [1.82, 2.24) is 29.9 Å². The van der Waals surface area contributed by atoms with Gasteiger partial charge in [0.1, 0.15) is 0 Å². The van der Waals surface area contributed by atoms with Crippen LogP contribution < -0.4 is 0 Å². The molecule has 0 unspecified atom stereocenters. The van der Waals surface area contributed by atoms with Gasteiger partial charge >= 0.3 is 0 Å². The Morgan fingerprint density at radius 3 is 0.535 bits per heavy atom. The maximum absolute atomic E-state index is 4.29. The van der Waals surface area contributed by atoms with Crippen LogP contribution in [0.3, 0.4) is 0 Å². The van der Waals surface area contributed by atoms with Gasteiger partial charge in [-0.05, 0) is 148 Å². The van der Waals surface area contributed by atoms with Crippen molar-refractivity contribution in [2.24, 2.45) is 0 Å². The van der Waals surface area contributed by atoms with E-state index in [0.717, 1.165) is 34.2 Å². The van der Waals surface area contributed by atoms with Crippen molar-refractivity contribution in [3.05, 3.63) is 143 Å². The minimum Gasteiger partial charge on any atom is -0.255 e. The molecule has 0 fully saturated rings. The third-order valence-electron chi connectivity index (χ3n) is 6.28. The number of hydrogen-bond acceptors (Lipinski definition) is 6. The molecule has 0 N–H and O–H groups in total. The van der Waals surface area contributed by atoms with E-state index in [1.54, 1.807) is 0 Å². The maximum atomic E-state index is 4.29. The average molecular weight is 654 g/mol. The van der Waals surface area contributed by atoms with E-state index in [-0.39, 0.29) is 19.5 Å². The van der Waals surface area contributed by atoms with Crippen LogP contribution in [0, 0.1) is 41.5 Å². The summed E-state index contributed by atoms with van der Waals surface area (Å²) in [6.07, 6.45) is 10.9. The van der Waals surface area contributed by atoms with Gasteiger partial charge in [-0.3, -0.25) is 29.9 Å². The summed E-state index contributed by atoms with van der Waals surface area (Å²) >= 11 is 0. The number of aryl methyl sites for hydroxylation is 6. The minimum absolute atomic E-state index is 0. The molecule has 0 bridgehead atoms. The van der Waals surface area contributed by atoms with Crippen LogP contribution >= 0.6 is 0 Å². The standard InChI is InChI=1S/3C12H12N2.Ru/c3*1-9-3-5-13-11(7-9)12-8-10(2)4-6-14-12;/h3*3-8H,1-2H3;. The number of rotatable bonds is 3. The van der Waals surface area contributed by atoms with Crippen LogP contribution in [0.25, 0.3) is 34.2 Å². The molecular formula is C36H36N6Ru. The van der Waals surface area contributed by atoms with Crippen molar-refractivity contribution in [2.45, 2.75) is 41.5 Å². The van der Waals surface area contributed by atoms with E-state index in [9.17, 15) is 0 Å².